The molecule has 132 valence electrons. The average molecular weight is 359 g/mol. The fourth-order valence-electron chi connectivity index (χ4n) is 3.92. The van der Waals surface area contributed by atoms with Crippen LogP contribution in [0, 0.1) is 0 Å². The molecule has 0 N–H and O–H groups in total. The predicted octanol–water partition coefficient (Wildman–Crippen LogP) is 6.53. The zero-order chi connectivity index (χ0) is 18.9. The van der Waals surface area contributed by atoms with Crippen LogP contribution in [0.2, 0.25) is 0 Å². The summed E-state index contributed by atoms with van der Waals surface area (Å²) in [6.07, 6.45) is 4.51. The van der Waals surface area contributed by atoms with E-state index in [-0.39, 0.29) is 0 Å². The van der Waals surface area contributed by atoms with Gasteiger partial charge in [-0.05, 0) is 56.4 Å². The zero-order valence-electron chi connectivity index (χ0n) is 15.2. The molecular weight excluding hydrogens is 342 g/mol. The average Bonchev–Trinajstić information content (AvgIpc) is 2.77. The molecule has 0 bridgehead atoms. The molecule has 0 aliphatic rings. The zero-order valence-corrected chi connectivity index (χ0v) is 15.2. The summed E-state index contributed by atoms with van der Waals surface area (Å²) >= 11 is 0. The van der Waals surface area contributed by atoms with Crippen molar-refractivity contribution in [1.29, 1.82) is 0 Å². The molecule has 5 rings (SSSR count). The normalized spacial score (nSPS) is 11.0. The van der Waals surface area contributed by atoms with Gasteiger partial charge in [0.05, 0.1) is 0 Å². The molecule has 0 atom stereocenters. The molecule has 0 saturated heterocycles. The van der Waals surface area contributed by atoms with Crippen molar-refractivity contribution in [3.8, 4) is 22.3 Å². The summed E-state index contributed by atoms with van der Waals surface area (Å²) in [5, 5.41) is 4.80. The first-order chi connectivity index (χ1) is 13.8. The lowest BCUT2D eigenvalue weighted by atomic mass is 9.87. The van der Waals surface area contributed by atoms with Gasteiger partial charge in [-0.15, -0.1) is 0 Å². The molecule has 0 fully saturated rings. The van der Waals surface area contributed by atoms with Gasteiger partial charge in [0, 0.05) is 23.5 Å². The van der Waals surface area contributed by atoms with Gasteiger partial charge in [0.25, 0.3) is 0 Å². The Hall–Kier alpha value is -3.78. The number of pyridine rings is 1. The molecule has 2 nitrogen and oxygen atoms in total. The molecule has 0 saturated carbocycles. The smallest absolute Gasteiger partial charge is 0.150 e. The van der Waals surface area contributed by atoms with Crippen molar-refractivity contribution >= 4 is 27.8 Å². The lowest BCUT2D eigenvalue weighted by molar-refractivity contribution is 0.112. The molecule has 0 unspecified atom stereocenters. The molecule has 0 aliphatic carbocycles. The molecule has 0 amide bonds. The number of fused-ring (bicyclic) bond motifs is 2. The van der Waals surface area contributed by atoms with Crippen molar-refractivity contribution in [3.05, 3.63) is 103 Å². The van der Waals surface area contributed by atoms with Gasteiger partial charge in [-0.2, -0.15) is 0 Å². The highest BCUT2D eigenvalue weighted by atomic mass is 16.1. The minimum atomic E-state index is 0.659. The molecule has 28 heavy (non-hydrogen) atoms. The molecular formula is C26H17NO. The molecule has 0 radical (unpaired) electrons. The minimum Gasteiger partial charge on any atom is -0.298 e. The third kappa shape index (κ3) is 2.67. The first-order valence-corrected chi connectivity index (χ1v) is 9.25. The summed E-state index contributed by atoms with van der Waals surface area (Å²) in [5.74, 6) is 0. The van der Waals surface area contributed by atoms with E-state index < -0.39 is 0 Å². The molecule has 5 aromatic rings. The monoisotopic (exact) mass is 359 g/mol. The van der Waals surface area contributed by atoms with Crippen molar-refractivity contribution in [2.24, 2.45) is 0 Å². The predicted molar refractivity (Wildman–Crippen MR) is 116 cm³/mol. The summed E-state index contributed by atoms with van der Waals surface area (Å²) in [6.45, 7) is 0. The number of aldehydes is 1. The van der Waals surface area contributed by atoms with E-state index in [1.165, 1.54) is 27.1 Å². The minimum absolute atomic E-state index is 0.659. The van der Waals surface area contributed by atoms with Crippen LogP contribution in [-0.4, -0.2) is 11.3 Å². The van der Waals surface area contributed by atoms with Crippen LogP contribution in [0.3, 0.4) is 0 Å². The number of hydrogen-bond donors (Lipinski definition) is 0. The summed E-state index contributed by atoms with van der Waals surface area (Å²) in [4.78, 5) is 15.7. The lowest BCUT2D eigenvalue weighted by Crippen LogP contribution is -1.92. The number of hydrogen-bond acceptors (Lipinski definition) is 2. The summed E-state index contributed by atoms with van der Waals surface area (Å²) in [6, 6.07) is 29.0. The van der Waals surface area contributed by atoms with Crippen molar-refractivity contribution in [3.63, 3.8) is 0 Å². The number of carbonyl (C=O) groups excluding carboxylic acids is 1. The first kappa shape index (κ1) is 16.4. The summed E-state index contributed by atoms with van der Waals surface area (Å²) in [7, 11) is 0. The Morgan fingerprint density at radius 1 is 0.679 bits per heavy atom. The van der Waals surface area contributed by atoms with Crippen molar-refractivity contribution < 1.29 is 4.79 Å². The third-order valence-electron chi connectivity index (χ3n) is 5.19. The third-order valence-corrected chi connectivity index (χ3v) is 5.19. The van der Waals surface area contributed by atoms with Crippen molar-refractivity contribution in [1.82, 2.24) is 4.98 Å². The maximum Gasteiger partial charge on any atom is 0.150 e. The van der Waals surface area contributed by atoms with Gasteiger partial charge < -0.3 is 0 Å². The van der Waals surface area contributed by atoms with Gasteiger partial charge >= 0.3 is 0 Å². The van der Waals surface area contributed by atoms with Gasteiger partial charge in [-0.3, -0.25) is 9.78 Å². The second-order valence-electron chi connectivity index (χ2n) is 6.86. The Bertz CT molecular complexity index is 1270. The van der Waals surface area contributed by atoms with E-state index >= 15 is 0 Å². The van der Waals surface area contributed by atoms with Crippen LogP contribution in [0.5, 0.6) is 0 Å². The molecule has 1 aromatic heterocycles. The number of rotatable bonds is 3. The molecule has 0 spiro atoms. The van der Waals surface area contributed by atoms with E-state index in [0.29, 0.717) is 5.56 Å². The van der Waals surface area contributed by atoms with Gasteiger partial charge in [-0.25, -0.2) is 0 Å². The van der Waals surface area contributed by atoms with E-state index in [9.17, 15) is 4.79 Å². The number of benzene rings is 4. The van der Waals surface area contributed by atoms with Crippen molar-refractivity contribution in [2.75, 3.05) is 0 Å². The van der Waals surface area contributed by atoms with Crippen LogP contribution in [0.15, 0.2) is 97.3 Å². The Balaban J connectivity index is 1.94. The maximum absolute atomic E-state index is 11.4. The van der Waals surface area contributed by atoms with Gasteiger partial charge in [0.2, 0.25) is 0 Å². The standard InChI is InChI=1S/C26H17NO/c28-17-18-11-12-24(25(14-18)21-8-5-13-27-16-21)26-22-9-3-1-6-19(22)15-20-7-2-4-10-23(20)26/h1-17H. The maximum atomic E-state index is 11.4. The molecule has 1 heterocycles. The Morgan fingerprint density at radius 2 is 1.39 bits per heavy atom. The number of aromatic nitrogens is 1. The molecule has 4 aromatic carbocycles. The topological polar surface area (TPSA) is 30.0 Å². The van der Waals surface area contributed by atoms with Crippen LogP contribution in [0.25, 0.3) is 43.8 Å². The Labute approximate surface area is 163 Å². The van der Waals surface area contributed by atoms with E-state index in [2.05, 4.69) is 65.6 Å². The quantitative estimate of drug-likeness (QED) is 0.271. The highest BCUT2D eigenvalue weighted by Gasteiger charge is 2.15. The molecule has 0 aliphatic heterocycles. The second kappa shape index (κ2) is 6.75. The fourth-order valence-corrected chi connectivity index (χ4v) is 3.92. The highest BCUT2D eigenvalue weighted by molar-refractivity contribution is 6.14. The first-order valence-electron chi connectivity index (χ1n) is 9.25. The SMILES string of the molecule is O=Cc1ccc(-c2c3ccccc3cc3ccccc23)c(-c2cccnc2)c1. The van der Waals surface area contributed by atoms with Gasteiger partial charge in [0.1, 0.15) is 6.29 Å². The molecule has 2 heteroatoms. The van der Waals surface area contributed by atoms with E-state index in [1.54, 1.807) is 6.20 Å². The van der Waals surface area contributed by atoms with Crippen LogP contribution >= 0.6 is 0 Å². The lowest BCUT2D eigenvalue weighted by Gasteiger charge is -2.16. The Morgan fingerprint density at radius 3 is 2.04 bits per heavy atom. The van der Waals surface area contributed by atoms with E-state index in [4.69, 9.17) is 0 Å². The van der Waals surface area contributed by atoms with Gasteiger partial charge in [0.15, 0.2) is 0 Å². The Kier molecular flexibility index (Phi) is 3.95. The van der Waals surface area contributed by atoms with Crippen molar-refractivity contribution in [2.45, 2.75) is 0 Å². The summed E-state index contributed by atoms with van der Waals surface area (Å²) < 4.78 is 0. The van der Waals surface area contributed by atoms with E-state index in [0.717, 1.165) is 23.0 Å². The number of nitrogens with zero attached hydrogens (tertiary/aromatic N) is 1. The van der Waals surface area contributed by atoms with Crippen LogP contribution < -0.4 is 0 Å². The summed E-state index contributed by atoms with van der Waals surface area (Å²) in [5.41, 5.74) is 4.96. The fraction of sp³-hybridized carbons (Fsp3) is 0. The number of carbonyl (C=O) groups is 1. The van der Waals surface area contributed by atoms with Crippen LogP contribution in [0.4, 0.5) is 0 Å². The van der Waals surface area contributed by atoms with Crippen LogP contribution in [0.1, 0.15) is 10.4 Å². The highest BCUT2D eigenvalue weighted by Crippen LogP contribution is 2.41. The van der Waals surface area contributed by atoms with Crippen LogP contribution in [-0.2, 0) is 0 Å². The second-order valence-corrected chi connectivity index (χ2v) is 6.86. The van der Waals surface area contributed by atoms with E-state index in [1.807, 2.05) is 30.5 Å². The van der Waals surface area contributed by atoms with Gasteiger partial charge in [-0.1, -0.05) is 66.7 Å². The largest absolute Gasteiger partial charge is 0.298 e.